The number of hydrogen-bond donors (Lipinski definition) is 0. The van der Waals surface area contributed by atoms with Gasteiger partial charge in [0.1, 0.15) is 12.2 Å². The Morgan fingerprint density at radius 1 is 1.31 bits per heavy atom. The molecule has 2 aliphatic heterocycles. The molecule has 26 heavy (non-hydrogen) atoms. The summed E-state index contributed by atoms with van der Waals surface area (Å²) in [4.78, 5) is 23.5. The van der Waals surface area contributed by atoms with E-state index in [0.29, 0.717) is 24.6 Å². The first-order valence-electron chi connectivity index (χ1n) is 9.21. The molecule has 0 spiro atoms. The number of aromatic nitrogens is 2. The second-order valence-electron chi connectivity index (χ2n) is 6.72. The van der Waals surface area contributed by atoms with Crippen LogP contribution < -0.4 is 4.74 Å². The molecular formula is C20H23N3O3. The van der Waals surface area contributed by atoms with Crippen LogP contribution in [0.2, 0.25) is 0 Å². The van der Waals surface area contributed by atoms with E-state index in [0.717, 1.165) is 25.0 Å². The third-order valence-electron chi connectivity index (χ3n) is 5.08. The number of fused-ring (bicyclic) bond motifs is 1. The van der Waals surface area contributed by atoms with Gasteiger partial charge < -0.3 is 14.4 Å². The van der Waals surface area contributed by atoms with Gasteiger partial charge in [-0.1, -0.05) is 13.0 Å². The van der Waals surface area contributed by atoms with E-state index in [1.54, 1.807) is 12.4 Å². The summed E-state index contributed by atoms with van der Waals surface area (Å²) in [5, 5.41) is 0. The van der Waals surface area contributed by atoms with Crippen molar-refractivity contribution >= 4 is 5.91 Å². The third-order valence-corrected chi connectivity index (χ3v) is 5.08. The van der Waals surface area contributed by atoms with Crippen LogP contribution in [0.3, 0.4) is 0 Å². The molecule has 0 unspecified atom stereocenters. The molecule has 0 N–H and O–H groups in total. The van der Waals surface area contributed by atoms with E-state index in [1.165, 1.54) is 0 Å². The predicted octanol–water partition coefficient (Wildman–Crippen LogP) is 2.49. The maximum Gasteiger partial charge on any atom is 0.255 e. The molecule has 1 amide bonds. The smallest absolute Gasteiger partial charge is 0.255 e. The van der Waals surface area contributed by atoms with Crippen molar-refractivity contribution in [3.63, 3.8) is 0 Å². The number of ether oxygens (including phenoxy) is 2. The van der Waals surface area contributed by atoms with Gasteiger partial charge in [-0.25, -0.2) is 4.98 Å². The number of amides is 1. The minimum Gasteiger partial charge on any atom is -0.470 e. The molecule has 0 aliphatic carbocycles. The average Bonchev–Trinajstić information content (AvgIpc) is 3.07. The molecule has 6 heteroatoms. The molecule has 0 aromatic carbocycles. The van der Waals surface area contributed by atoms with E-state index in [2.05, 4.69) is 9.97 Å². The van der Waals surface area contributed by atoms with E-state index in [-0.39, 0.29) is 24.2 Å². The molecule has 0 saturated carbocycles. The molecule has 6 nitrogen and oxygen atoms in total. The predicted molar refractivity (Wildman–Crippen MR) is 96.1 cm³/mol. The summed E-state index contributed by atoms with van der Waals surface area (Å²) >= 11 is 0. The molecule has 3 atom stereocenters. The molecule has 0 bridgehead atoms. The zero-order valence-corrected chi connectivity index (χ0v) is 14.9. The average molecular weight is 353 g/mol. The van der Waals surface area contributed by atoms with Crippen LogP contribution in [0.25, 0.3) is 0 Å². The van der Waals surface area contributed by atoms with Crippen LogP contribution in [-0.4, -0.2) is 52.2 Å². The van der Waals surface area contributed by atoms with Gasteiger partial charge in [-0.3, -0.25) is 9.78 Å². The third kappa shape index (κ3) is 3.29. The molecule has 2 saturated heterocycles. The van der Waals surface area contributed by atoms with Gasteiger partial charge in [0.25, 0.3) is 5.91 Å². The van der Waals surface area contributed by atoms with E-state index < -0.39 is 0 Å². The van der Waals surface area contributed by atoms with Gasteiger partial charge in [0, 0.05) is 30.8 Å². The van der Waals surface area contributed by atoms with Gasteiger partial charge in [-0.2, -0.15) is 0 Å². The summed E-state index contributed by atoms with van der Waals surface area (Å²) in [6.45, 7) is 3.26. The number of pyridine rings is 2. The Morgan fingerprint density at radius 2 is 2.23 bits per heavy atom. The van der Waals surface area contributed by atoms with Crippen molar-refractivity contribution in [3.05, 3.63) is 54.0 Å². The first-order chi connectivity index (χ1) is 12.8. The van der Waals surface area contributed by atoms with Crippen LogP contribution in [0, 0.1) is 0 Å². The summed E-state index contributed by atoms with van der Waals surface area (Å²) in [7, 11) is 0. The fourth-order valence-corrected chi connectivity index (χ4v) is 3.74. The van der Waals surface area contributed by atoms with Gasteiger partial charge in [-0.05, 0) is 37.5 Å². The van der Waals surface area contributed by atoms with Crippen molar-refractivity contribution in [3.8, 4) is 5.88 Å². The maximum atomic E-state index is 13.1. The largest absolute Gasteiger partial charge is 0.470 e. The van der Waals surface area contributed by atoms with Crippen molar-refractivity contribution in [2.75, 3.05) is 13.2 Å². The van der Waals surface area contributed by atoms with Crippen LogP contribution in [0.5, 0.6) is 5.88 Å². The Hall–Kier alpha value is -2.47. The van der Waals surface area contributed by atoms with Crippen molar-refractivity contribution in [2.45, 2.75) is 44.4 Å². The Morgan fingerprint density at radius 3 is 2.96 bits per heavy atom. The molecule has 4 heterocycles. The number of carbonyl (C=O) groups excluding carboxylic acids is 1. The SMILES string of the molecule is CCc1ccc(C(=O)N2C[C@H](Oc3ccccn3)[C@H]3OCCC[C@H]32)cn1. The summed E-state index contributed by atoms with van der Waals surface area (Å²) in [6.07, 6.45) is 5.80. The summed E-state index contributed by atoms with van der Waals surface area (Å²) < 4.78 is 12.0. The summed E-state index contributed by atoms with van der Waals surface area (Å²) in [5.74, 6) is 0.557. The fourth-order valence-electron chi connectivity index (χ4n) is 3.74. The molecule has 136 valence electrons. The van der Waals surface area contributed by atoms with Gasteiger partial charge >= 0.3 is 0 Å². The molecular weight excluding hydrogens is 330 g/mol. The van der Waals surface area contributed by atoms with Crippen molar-refractivity contribution in [2.24, 2.45) is 0 Å². The Bertz CT molecular complexity index is 751. The number of nitrogens with zero attached hydrogens (tertiary/aromatic N) is 3. The Kier molecular flexibility index (Phi) is 4.84. The van der Waals surface area contributed by atoms with Crippen LogP contribution in [-0.2, 0) is 11.2 Å². The molecule has 2 aromatic heterocycles. The van der Waals surface area contributed by atoms with Gasteiger partial charge in [0.15, 0.2) is 0 Å². The lowest BCUT2D eigenvalue weighted by Crippen LogP contribution is -2.44. The second-order valence-corrected chi connectivity index (χ2v) is 6.72. The summed E-state index contributed by atoms with van der Waals surface area (Å²) in [5.41, 5.74) is 1.60. The number of hydrogen-bond acceptors (Lipinski definition) is 5. The minimum absolute atomic E-state index is 0.00669. The van der Waals surface area contributed by atoms with Crippen LogP contribution in [0.15, 0.2) is 42.7 Å². The van der Waals surface area contributed by atoms with Gasteiger partial charge in [-0.15, -0.1) is 0 Å². The second kappa shape index (κ2) is 7.41. The van der Waals surface area contributed by atoms with Gasteiger partial charge in [0.05, 0.1) is 18.2 Å². The fraction of sp³-hybridized carbons (Fsp3) is 0.450. The lowest BCUT2D eigenvalue weighted by atomic mass is 10.0. The van der Waals surface area contributed by atoms with Crippen LogP contribution in [0.4, 0.5) is 0 Å². The number of aryl methyl sites for hydroxylation is 1. The van der Waals surface area contributed by atoms with Crippen molar-refractivity contribution < 1.29 is 14.3 Å². The lowest BCUT2D eigenvalue weighted by Gasteiger charge is -2.32. The highest BCUT2D eigenvalue weighted by atomic mass is 16.5. The molecule has 0 radical (unpaired) electrons. The van der Waals surface area contributed by atoms with Crippen molar-refractivity contribution in [1.82, 2.24) is 14.9 Å². The first-order valence-corrected chi connectivity index (χ1v) is 9.21. The normalized spacial score (nSPS) is 25.0. The number of carbonyl (C=O) groups is 1. The quantitative estimate of drug-likeness (QED) is 0.845. The zero-order chi connectivity index (χ0) is 17.9. The Labute approximate surface area is 153 Å². The standard InChI is InChI=1S/C20H23N3O3/c1-2-15-9-8-14(12-22-15)20(24)23-13-17(19-16(23)6-5-11-25-19)26-18-7-3-4-10-21-18/h3-4,7-10,12,16-17,19H,2,5-6,11,13H2,1H3/t16-,17+,19+/m1/s1. The number of likely N-dealkylation sites (tertiary alicyclic amines) is 1. The number of rotatable bonds is 4. The van der Waals surface area contributed by atoms with Crippen molar-refractivity contribution in [1.29, 1.82) is 0 Å². The van der Waals surface area contributed by atoms with E-state index >= 15 is 0 Å². The maximum absolute atomic E-state index is 13.1. The highest BCUT2D eigenvalue weighted by Gasteiger charge is 2.47. The first kappa shape index (κ1) is 17.0. The van der Waals surface area contributed by atoms with E-state index in [1.807, 2.05) is 42.2 Å². The van der Waals surface area contributed by atoms with Crippen LogP contribution in [0.1, 0.15) is 35.8 Å². The van der Waals surface area contributed by atoms with Gasteiger partial charge in [0.2, 0.25) is 5.88 Å². The highest BCUT2D eigenvalue weighted by Crippen LogP contribution is 2.32. The molecule has 2 aliphatic rings. The highest BCUT2D eigenvalue weighted by molar-refractivity contribution is 5.94. The topological polar surface area (TPSA) is 64.6 Å². The minimum atomic E-state index is -0.206. The Balaban J connectivity index is 1.54. The molecule has 2 fully saturated rings. The summed E-state index contributed by atoms with van der Waals surface area (Å²) in [6, 6.07) is 9.39. The van der Waals surface area contributed by atoms with Crippen LogP contribution >= 0.6 is 0 Å². The monoisotopic (exact) mass is 353 g/mol. The van der Waals surface area contributed by atoms with E-state index in [4.69, 9.17) is 9.47 Å². The lowest BCUT2D eigenvalue weighted by molar-refractivity contribution is -0.0455. The molecule has 4 rings (SSSR count). The zero-order valence-electron chi connectivity index (χ0n) is 14.9. The molecule has 2 aromatic rings. The van der Waals surface area contributed by atoms with E-state index in [9.17, 15) is 4.79 Å².